The van der Waals surface area contributed by atoms with Crippen molar-refractivity contribution in [2.45, 2.75) is 32.1 Å². The zero-order valence-corrected chi connectivity index (χ0v) is 10.3. The SMILES string of the molecule is CNc1ncc([N+](=O)[O-])c(C2=CCCCCC2)n1. The Labute approximate surface area is 105 Å². The number of hydrogen-bond acceptors (Lipinski definition) is 5. The highest BCUT2D eigenvalue weighted by Gasteiger charge is 2.20. The number of aromatic nitrogens is 2. The van der Waals surface area contributed by atoms with Gasteiger partial charge in [-0.1, -0.05) is 12.5 Å². The van der Waals surface area contributed by atoms with E-state index < -0.39 is 4.92 Å². The molecule has 2 rings (SSSR count). The van der Waals surface area contributed by atoms with Crippen molar-refractivity contribution in [3.05, 3.63) is 28.1 Å². The zero-order valence-electron chi connectivity index (χ0n) is 10.3. The van der Waals surface area contributed by atoms with E-state index in [0.717, 1.165) is 37.7 Å². The quantitative estimate of drug-likeness (QED) is 0.657. The van der Waals surface area contributed by atoms with E-state index in [1.807, 2.05) is 0 Å². The number of rotatable bonds is 3. The highest BCUT2D eigenvalue weighted by Crippen LogP contribution is 2.30. The second kappa shape index (κ2) is 5.57. The van der Waals surface area contributed by atoms with Gasteiger partial charge in [0.1, 0.15) is 11.9 Å². The van der Waals surface area contributed by atoms with Crippen molar-refractivity contribution in [3.8, 4) is 0 Å². The van der Waals surface area contributed by atoms with E-state index in [0.29, 0.717) is 11.6 Å². The predicted molar refractivity (Wildman–Crippen MR) is 69.3 cm³/mol. The summed E-state index contributed by atoms with van der Waals surface area (Å²) >= 11 is 0. The van der Waals surface area contributed by atoms with Gasteiger partial charge in [0, 0.05) is 7.05 Å². The fourth-order valence-electron chi connectivity index (χ4n) is 2.10. The molecule has 0 radical (unpaired) electrons. The van der Waals surface area contributed by atoms with E-state index in [4.69, 9.17) is 0 Å². The second-order valence-electron chi connectivity index (χ2n) is 4.26. The fraction of sp³-hybridized carbons (Fsp3) is 0.500. The monoisotopic (exact) mass is 248 g/mol. The van der Waals surface area contributed by atoms with Crippen LogP contribution in [0.1, 0.15) is 37.8 Å². The van der Waals surface area contributed by atoms with Crippen molar-refractivity contribution >= 4 is 17.2 Å². The summed E-state index contributed by atoms with van der Waals surface area (Å²) in [7, 11) is 1.70. The average molecular weight is 248 g/mol. The summed E-state index contributed by atoms with van der Waals surface area (Å²) < 4.78 is 0. The lowest BCUT2D eigenvalue weighted by molar-refractivity contribution is -0.385. The molecular weight excluding hydrogens is 232 g/mol. The molecule has 1 aromatic rings. The van der Waals surface area contributed by atoms with Crippen molar-refractivity contribution in [2.24, 2.45) is 0 Å². The van der Waals surface area contributed by atoms with Gasteiger partial charge in [0.15, 0.2) is 0 Å². The van der Waals surface area contributed by atoms with Gasteiger partial charge >= 0.3 is 5.69 Å². The summed E-state index contributed by atoms with van der Waals surface area (Å²) in [6.07, 6.45) is 8.52. The number of anilines is 1. The molecule has 1 aromatic heterocycles. The Morgan fingerprint density at radius 2 is 2.22 bits per heavy atom. The van der Waals surface area contributed by atoms with Crippen LogP contribution in [0.15, 0.2) is 12.3 Å². The summed E-state index contributed by atoms with van der Waals surface area (Å²) in [5.41, 5.74) is 1.42. The van der Waals surface area contributed by atoms with Crippen LogP contribution >= 0.6 is 0 Å². The van der Waals surface area contributed by atoms with Gasteiger partial charge in [-0.05, 0) is 31.3 Å². The first-order chi connectivity index (χ1) is 8.72. The lowest BCUT2D eigenvalue weighted by Gasteiger charge is -2.07. The maximum absolute atomic E-state index is 11.0. The van der Waals surface area contributed by atoms with Crippen LogP contribution in [0.5, 0.6) is 0 Å². The molecule has 0 aromatic carbocycles. The van der Waals surface area contributed by atoms with E-state index in [1.165, 1.54) is 6.20 Å². The Kier molecular flexibility index (Phi) is 3.86. The Balaban J connectivity index is 2.45. The molecule has 0 amide bonds. The summed E-state index contributed by atoms with van der Waals surface area (Å²) in [6, 6.07) is 0. The summed E-state index contributed by atoms with van der Waals surface area (Å²) in [5.74, 6) is 0.417. The number of allylic oxidation sites excluding steroid dienone is 2. The predicted octanol–water partition coefficient (Wildman–Crippen LogP) is 2.77. The van der Waals surface area contributed by atoms with Crippen molar-refractivity contribution < 1.29 is 4.92 Å². The Bertz CT molecular complexity index is 485. The van der Waals surface area contributed by atoms with E-state index in [9.17, 15) is 10.1 Å². The maximum atomic E-state index is 11.0. The average Bonchev–Trinajstić information content (AvgIpc) is 2.66. The molecule has 0 unspecified atom stereocenters. The molecule has 1 N–H and O–H groups in total. The molecule has 0 spiro atoms. The Hall–Kier alpha value is -1.98. The molecular formula is C12H16N4O2. The third-order valence-corrected chi connectivity index (χ3v) is 3.03. The largest absolute Gasteiger partial charge is 0.357 e. The van der Waals surface area contributed by atoms with Gasteiger partial charge in [0.05, 0.1) is 4.92 Å². The van der Waals surface area contributed by atoms with E-state index in [-0.39, 0.29) is 5.69 Å². The molecule has 0 saturated carbocycles. The minimum Gasteiger partial charge on any atom is -0.357 e. The fourth-order valence-corrected chi connectivity index (χ4v) is 2.10. The van der Waals surface area contributed by atoms with Crippen LogP contribution in [0.2, 0.25) is 0 Å². The Morgan fingerprint density at radius 1 is 1.39 bits per heavy atom. The first-order valence-corrected chi connectivity index (χ1v) is 6.11. The molecule has 96 valence electrons. The van der Waals surface area contributed by atoms with Crippen LogP contribution < -0.4 is 5.32 Å². The van der Waals surface area contributed by atoms with Gasteiger partial charge < -0.3 is 5.32 Å². The van der Waals surface area contributed by atoms with E-state index in [1.54, 1.807) is 7.05 Å². The number of nitro groups is 1. The van der Waals surface area contributed by atoms with E-state index in [2.05, 4.69) is 21.4 Å². The van der Waals surface area contributed by atoms with Gasteiger partial charge in [0.2, 0.25) is 5.95 Å². The van der Waals surface area contributed by atoms with Crippen molar-refractivity contribution in [1.82, 2.24) is 9.97 Å². The van der Waals surface area contributed by atoms with Gasteiger partial charge in [-0.3, -0.25) is 10.1 Å². The highest BCUT2D eigenvalue weighted by atomic mass is 16.6. The van der Waals surface area contributed by atoms with Crippen molar-refractivity contribution in [3.63, 3.8) is 0 Å². The lowest BCUT2D eigenvalue weighted by atomic mass is 10.1. The summed E-state index contributed by atoms with van der Waals surface area (Å²) in [6.45, 7) is 0. The minimum absolute atomic E-state index is 0.0119. The normalized spacial score (nSPS) is 15.7. The smallest absolute Gasteiger partial charge is 0.313 e. The first-order valence-electron chi connectivity index (χ1n) is 6.11. The molecule has 0 fully saturated rings. The van der Waals surface area contributed by atoms with Gasteiger partial charge in [0.25, 0.3) is 0 Å². The summed E-state index contributed by atoms with van der Waals surface area (Å²) in [5, 5.41) is 13.8. The molecule has 18 heavy (non-hydrogen) atoms. The lowest BCUT2D eigenvalue weighted by Crippen LogP contribution is -2.04. The molecule has 0 saturated heterocycles. The van der Waals surface area contributed by atoms with Crippen LogP contribution in [-0.4, -0.2) is 21.9 Å². The third kappa shape index (κ3) is 2.64. The van der Waals surface area contributed by atoms with Gasteiger partial charge in [-0.2, -0.15) is 0 Å². The summed E-state index contributed by atoms with van der Waals surface area (Å²) in [4.78, 5) is 18.8. The van der Waals surface area contributed by atoms with Crippen LogP contribution in [0.3, 0.4) is 0 Å². The third-order valence-electron chi connectivity index (χ3n) is 3.03. The maximum Gasteiger partial charge on any atom is 0.313 e. The van der Waals surface area contributed by atoms with Gasteiger partial charge in [-0.25, -0.2) is 9.97 Å². The van der Waals surface area contributed by atoms with E-state index >= 15 is 0 Å². The second-order valence-corrected chi connectivity index (χ2v) is 4.26. The topological polar surface area (TPSA) is 81.0 Å². The molecule has 6 nitrogen and oxygen atoms in total. The van der Waals surface area contributed by atoms with Gasteiger partial charge in [-0.15, -0.1) is 0 Å². The number of hydrogen-bond donors (Lipinski definition) is 1. The van der Waals surface area contributed by atoms with Crippen molar-refractivity contribution in [2.75, 3.05) is 12.4 Å². The minimum atomic E-state index is -0.416. The van der Waals surface area contributed by atoms with Crippen LogP contribution in [-0.2, 0) is 0 Å². The molecule has 1 aliphatic rings. The van der Waals surface area contributed by atoms with Crippen molar-refractivity contribution in [1.29, 1.82) is 0 Å². The number of nitrogens with zero attached hydrogens (tertiary/aromatic N) is 3. The molecule has 1 heterocycles. The molecule has 0 atom stereocenters. The standard InChI is InChI=1S/C12H16N4O2/c1-13-12-14-8-10(16(17)18)11(15-12)9-6-4-2-3-5-7-9/h6,8H,2-5,7H2,1H3,(H,13,14,15). The zero-order chi connectivity index (χ0) is 13.0. The van der Waals surface area contributed by atoms with Crippen LogP contribution in [0.25, 0.3) is 5.57 Å². The molecule has 6 heteroatoms. The molecule has 1 aliphatic carbocycles. The first kappa shape index (κ1) is 12.5. The molecule has 0 bridgehead atoms. The highest BCUT2D eigenvalue weighted by molar-refractivity contribution is 5.70. The Morgan fingerprint density at radius 3 is 2.94 bits per heavy atom. The molecule has 0 aliphatic heterocycles. The number of nitrogens with one attached hydrogen (secondary N) is 1. The van der Waals surface area contributed by atoms with Crippen LogP contribution in [0.4, 0.5) is 11.6 Å². The van der Waals surface area contributed by atoms with Crippen LogP contribution in [0, 0.1) is 10.1 Å².